The summed E-state index contributed by atoms with van der Waals surface area (Å²) in [7, 11) is 0. The van der Waals surface area contributed by atoms with Crippen LogP contribution in [0.1, 0.15) is 40.4 Å². The number of nitro groups is 1. The number of anilines is 1. The molecule has 0 saturated carbocycles. The van der Waals surface area contributed by atoms with E-state index >= 15 is 0 Å². The summed E-state index contributed by atoms with van der Waals surface area (Å²) in [6.45, 7) is 2.37. The van der Waals surface area contributed by atoms with Crippen molar-refractivity contribution in [3.63, 3.8) is 0 Å². The predicted molar refractivity (Wildman–Crippen MR) is 129 cm³/mol. The van der Waals surface area contributed by atoms with Crippen LogP contribution in [0.5, 0.6) is 0 Å². The van der Waals surface area contributed by atoms with Crippen molar-refractivity contribution in [3.05, 3.63) is 106 Å². The van der Waals surface area contributed by atoms with Gasteiger partial charge in [-0.25, -0.2) is 0 Å². The highest BCUT2D eigenvalue weighted by Gasteiger charge is 2.27. The third kappa shape index (κ3) is 5.38. The van der Waals surface area contributed by atoms with Gasteiger partial charge >= 0.3 is 0 Å². The van der Waals surface area contributed by atoms with Crippen molar-refractivity contribution in [2.24, 2.45) is 5.92 Å². The van der Waals surface area contributed by atoms with Crippen LogP contribution in [0.3, 0.4) is 0 Å². The fraction of sp³-hybridized carbons (Fsp3) is 0.269. The molecule has 7 nitrogen and oxygen atoms in total. The van der Waals surface area contributed by atoms with E-state index < -0.39 is 4.92 Å². The molecule has 3 aromatic carbocycles. The Morgan fingerprint density at radius 3 is 2.12 bits per heavy atom. The van der Waals surface area contributed by atoms with Crippen LogP contribution in [0.25, 0.3) is 0 Å². The Bertz CT molecular complexity index is 1060. The van der Waals surface area contributed by atoms with Gasteiger partial charge in [-0.3, -0.25) is 19.8 Å². The Kier molecular flexibility index (Phi) is 7.00. The molecule has 1 heterocycles. The monoisotopic (exact) mass is 444 g/mol. The van der Waals surface area contributed by atoms with E-state index in [1.54, 1.807) is 0 Å². The van der Waals surface area contributed by atoms with E-state index in [1.807, 2.05) is 12.1 Å². The van der Waals surface area contributed by atoms with E-state index in [-0.39, 0.29) is 28.9 Å². The number of likely N-dealkylation sites (tertiary alicyclic amines) is 1. The molecule has 170 valence electrons. The lowest BCUT2D eigenvalue weighted by atomic mass is 9.91. The highest BCUT2D eigenvalue weighted by molar-refractivity contribution is 5.99. The van der Waals surface area contributed by atoms with Crippen LogP contribution in [0.4, 0.5) is 11.4 Å². The second-order valence-electron chi connectivity index (χ2n) is 8.44. The first-order valence-electron chi connectivity index (χ1n) is 11.2. The maximum absolute atomic E-state index is 12.6. The average molecular weight is 445 g/mol. The summed E-state index contributed by atoms with van der Waals surface area (Å²) in [6, 6.07) is 25.2. The molecule has 7 heteroatoms. The first-order valence-corrected chi connectivity index (χ1v) is 11.2. The number of nitro benzene ring substituents is 1. The maximum Gasteiger partial charge on any atom is 0.270 e. The van der Waals surface area contributed by atoms with Gasteiger partial charge in [0.25, 0.3) is 11.6 Å². The van der Waals surface area contributed by atoms with Gasteiger partial charge in [-0.1, -0.05) is 60.7 Å². The Hall–Kier alpha value is -3.71. The van der Waals surface area contributed by atoms with E-state index in [9.17, 15) is 14.9 Å². The van der Waals surface area contributed by atoms with Crippen molar-refractivity contribution in [2.75, 3.05) is 25.4 Å². The molecule has 0 bridgehead atoms. The smallest absolute Gasteiger partial charge is 0.270 e. The highest BCUT2D eigenvalue weighted by atomic mass is 16.6. The topological polar surface area (TPSA) is 101 Å². The molecule has 0 radical (unpaired) electrons. The Labute approximate surface area is 193 Å². The summed E-state index contributed by atoms with van der Waals surface area (Å²) in [6.07, 6.45) is 1.92. The van der Waals surface area contributed by atoms with E-state index in [4.69, 9.17) is 5.73 Å². The zero-order valence-electron chi connectivity index (χ0n) is 18.4. The van der Waals surface area contributed by atoms with Crippen LogP contribution < -0.4 is 11.1 Å². The minimum atomic E-state index is -0.526. The summed E-state index contributed by atoms with van der Waals surface area (Å²) in [5, 5.41) is 13.9. The first kappa shape index (κ1) is 22.5. The van der Waals surface area contributed by atoms with E-state index in [2.05, 4.69) is 58.7 Å². The second-order valence-corrected chi connectivity index (χ2v) is 8.44. The van der Waals surface area contributed by atoms with Crippen molar-refractivity contribution in [3.8, 4) is 0 Å². The number of non-ortho nitro benzene ring substituents is 1. The molecule has 3 aromatic rings. The molecule has 1 aliphatic heterocycles. The van der Waals surface area contributed by atoms with Crippen molar-refractivity contribution >= 4 is 17.3 Å². The number of nitrogens with zero attached hydrogens (tertiary/aromatic N) is 2. The molecule has 4 rings (SSSR count). The lowest BCUT2D eigenvalue weighted by Crippen LogP contribution is -2.40. The van der Waals surface area contributed by atoms with E-state index in [0.29, 0.717) is 12.5 Å². The molecule has 33 heavy (non-hydrogen) atoms. The largest absolute Gasteiger partial charge is 0.398 e. The molecule has 0 unspecified atom stereocenters. The van der Waals surface area contributed by atoms with Crippen molar-refractivity contribution < 1.29 is 9.72 Å². The molecule has 0 aromatic heterocycles. The van der Waals surface area contributed by atoms with Gasteiger partial charge in [0, 0.05) is 24.4 Å². The van der Waals surface area contributed by atoms with Crippen LogP contribution in [0.15, 0.2) is 78.9 Å². The number of hydrogen-bond acceptors (Lipinski definition) is 5. The number of rotatable bonds is 7. The SMILES string of the molecule is Nc1ccc([N+](=O)[O-])cc1C(=O)NCC1CCN(C(c2ccccc2)c2ccccc2)CC1. The van der Waals surface area contributed by atoms with Crippen LogP contribution >= 0.6 is 0 Å². The number of nitrogens with one attached hydrogen (secondary N) is 1. The normalized spacial score (nSPS) is 14.8. The fourth-order valence-electron chi connectivity index (χ4n) is 4.49. The van der Waals surface area contributed by atoms with E-state index in [0.717, 1.165) is 25.9 Å². The standard InChI is InChI=1S/C26H28N4O3/c27-24-12-11-22(30(32)33)17-23(24)26(31)28-18-19-13-15-29(16-14-19)25(20-7-3-1-4-8-20)21-9-5-2-6-10-21/h1-12,17,19,25H,13-16,18,27H2,(H,28,31). The number of carbonyl (C=O) groups is 1. The Morgan fingerprint density at radius 2 is 1.58 bits per heavy atom. The number of piperidine rings is 1. The van der Waals surface area contributed by atoms with Crippen molar-refractivity contribution in [1.82, 2.24) is 10.2 Å². The zero-order valence-corrected chi connectivity index (χ0v) is 18.4. The van der Waals surface area contributed by atoms with Gasteiger partial charge in [-0.15, -0.1) is 0 Å². The lowest BCUT2D eigenvalue weighted by molar-refractivity contribution is -0.384. The minimum Gasteiger partial charge on any atom is -0.398 e. The van der Waals surface area contributed by atoms with Crippen molar-refractivity contribution in [1.29, 1.82) is 0 Å². The number of nitrogen functional groups attached to an aromatic ring is 1. The molecule has 1 fully saturated rings. The molecule has 1 saturated heterocycles. The van der Waals surface area contributed by atoms with Gasteiger partial charge in [0.2, 0.25) is 0 Å². The maximum atomic E-state index is 12.6. The number of amides is 1. The Morgan fingerprint density at radius 1 is 1.00 bits per heavy atom. The quantitative estimate of drug-likeness (QED) is 0.319. The summed E-state index contributed by atoms with van der Waals surface area (Å²) in [5.41, 5.74) is 8.66. The summed E-state index contributed by atoms with van der Waals surface area (Å²) in [4.78, 5) is 25.6. The van der Waals surface area contributed by atoms with Gasteiger partial charge in [0.05, 0.1) is 16.5 Å². The summed E-state index contributed by atoms with van der Waals surface area (Å²) < 4.78 is 0. The second kappa shape index (κ2) is 10.3. The summed E-state index contributed by atoms with van der Waals surface area (Å²) >= 11 is 0. The highest BCUT2D eigenvalue weighted by Crippen LogP contribution is 2.32. The third-order valence-electron chi connectivity index (χ3n) is 6.29. The first-order chi connectivity index (χ1) is 16.0. The van der Waals surface area contributed by atoms with Gasteiger partial charge in [-0.2, -0.15) is 0 Å². The fourth-order valence-corrected chi connectivity index (χ4v) is 4.49. The van der Waals surface area contributed by atoms with E-state index in [1.165, 1.54) is 29.3 Å². The zero-order chi connectivity index (χ0) is 23.2. The third-order valence-corrected chi connectivity index (χ3v) is 6.29. The molecule has 0 atom stereocenters. The lowest BCUT2D eigenvalue weighted by Gasteiger charge is -2.38. The predicted octanol–water partition coefficient (Wildman–Crippen LogP) is 4.41. The van der Waals surface area contributed by atoms with Gasteiger partial charge in [0.1, 0.15) is 0 Å². The van der Waals surface area contributed by atoms with Crippen LogP contribution in [0.2, 0.25) is 0 Å². The number of carbonyl (C=O) groups excluding carboxylic acids is 1. The Balaban J connectivity index is 1.38. The number of hydrogen-bond donors (Lipinski definition) is 2. The number of nitrogens with two attached hydrogens (primary N) is 1. The van der Waals surface area contributed by atoms with Crippen LogP contribution in [0, 0.1) is 16.0 Å². The average Bonchev–Trinajstić information content (AvgIpc) is 2.85. The molecule has 0 aliphatic carbocycles. The molecular formula is C26H28N4O3. The van der Waals surface area contributed by atoms with Crippen molar-refractivity contribution in [2.45, 2.75) is 18.9 Å². The molecule has 0 spiro atoms. The van der Waals surface area contributed by atoms with Gasteiger partial charge in [-0.05, 0) is 49.0 Å². The number of benzene rings is 3. The van der Waals surface area contributed by atoms with Gasteiger partial charge < -0.3 is 11.1 Å². The van der Waals surface area contributed by atoms with Gasteiger partial charge in [0.15, 0.2) is 0 Å². The van der Waals surface area contributed by atoms with Crippen LogP contribution in [-0.4, -0.2) is 35.4 Å². The van der Waals surface area contributed by atoms with Crippen LogP contribution in [-0.2, 0) is 0 Å². The summed E-state index contributed by atoms with van der Waals surface area (Å²) in [5.74, 6) is -0.0256. The molecular weight excluding hydrogens is 416 g/mol. The molecule has 3 N–H and O–H groups in total. The molecule has 1 amide bonds. The molecule has 1 aliphatic rings. The minimum absolute atomic E-state index is 0.143.